The molecule has 25 heavy (non-hydrogen) atoms. The number of nitrogens with zero attached hydrogens (tertiary/aromatic N) is 1. The maximum Gasteiger partial charge on any atom is 0.251 e. The van der Waals surface area contributed by atoms with Crippen molar-refractivity contribution < 1.29 is 18.0 Å². The molecule has 8 heteroatoms. The van der Waals surface area contributed by atoms with Gasteiger partial charge in [0, 0.05) is 26.2 Å². The van der Waals surface area contributed by atoms with Gasteiger partial charge in [-0.3, -0.25) is 9.59 Å². The highest BCUT2D eigenvalue weighted by atomic mass is 32.2. The van der Waals surface area contributed by atoms with Gasteiger partial charge >= 0.3 is 0 Å². The van der Waals surface area contributed by atoms with Crippen LogP contribution >= 0.6 is 0 Å². The minimum Gasteiger partial charge on any atom is -0.352 e. The van der Waals surface area contributed by atoms with Gasteiger partial charge in [0.05, 0.1) is 4.90 Å². The van der Waals surface area contributed by atoms with Crippen LogP contribution in [0, 0.1) is 5.92 Å². The van der Waals surface area contributed by atoms with Crippen LogP contribution in [0.5, 0.6) is 0 Å². The van der Waals surface area contributed by atoms with Crippen molar-refractivity contribution in [1.29, 1.82) is 0 Å². The van der Waals surface area contributed by atoms with E-state index in [1.807, 2.05) is 0 Å². The lowest BCUT2D eigenvalue weighted by Crippen LogP contribution is -2.38. The number of hydrogen-bond acceptors (Lipinski definition) is 5. The number of hydrogen-bond donors (Lipinski definition) is 2. The van der Waals surface area contributed by atoms with Crippen LogP contribution in [-0.4, -0.2) is 64.6 Å². The minimum atomic E-state index is -3.71. The Labute approximate surface area is 148 Å². The largest absolute Gasteiger partial charge is 0.352 e. The van der Waals surface area contributed by atoms with Gasteiger partial charge in [0.1, 0.15) is 5.75 Å². The van der Waals surface area contributed by atoms with Crippen molar-refractivity contribution in [2.24, 2.45) is 5.92 Å². The topological polar surface area (TPSA) is 95.6 Å². The number of sulfone groups is 1. The van der Waals surface area contributed by atoms with Crippen molar-refractivity contribution in [2.75, 3.05) is 39.5 Å². The molecule has 2 N–H and O–H groups in total. The van der Waals surface area contributed by atoms with Crippen LogP contribution in [0.25, 0.3) is 0 Å². The molecule has 1 aromatic carbocycles. The van der Waals surface area contributed by atoms with Crippen LogP contribution in [0.1, 0.15) is 23.2 Å². The zero-order chi connectivity index (χ0) is 18.4. The fourth-order valence-corrected chi connectivity index (χ4v) is 3.93. The summed E-state index contributed by atoms with van der Waals surface area (Å²) in [5.41, 5.74) is 0.404. The Morgan fingerprint density at radius 1 is 1.24 bits per heavy atom. The van der Waals surface area contributed by atoms with E-state index in [1.54, 1.807) is 0 Å². The highest BCUT2D eigenvalue weighted by molar-refractivity contribution is 7.92. The molecule has 0 spiro atoms. The second-order valence-electron chi connectivity index (χ2n) is 6.49. The van der Waals surface area contributed by atoms with Crippen molar-refractivity contribution in [1.82, 2.24) is 15.5 Å². The van der Waals surface area contributed by atoms with Crippen molar-refractivity contribution >= 4 is 21.7 Å². The second kappa shape index (κ2) is 8.44. The highest BCUT2D eigenvalue weighted by Gasteiger charge is 2.21. The lowest BCUT2D eigenvalue weighted by Gasteiger charge is -2.22. The van der Waals surface area contributed by atoms with Gasteiger partial charge in [-0.15, -0.1) is 0 Å². The fraction of sp³-hybridized carbons (Fsp3) is 0.529. The predicted octanol–water partition coefficient (Wildman–Crippen LogP) is 0.278. The van der Waals surface area contributed by atoms with Gasteiger partial charge in [0.25, 0.3) is 5.91 Å². The molecule has 0 radical (unpaired) electrons. The first-order chi connectivity index (χ1) is 11.8. The van der Waals surface area contributed by atoms with E-state index < -0.39 is 21.5 Å². The number of piperidine rings is 1. The van der Waals surface area contributed by atoms with Crippen molar-refractivity contribution in [3.8, 4) is 0 Å². The maximum atomic E-state index is 12.2. The van der Waals surface area contributed by atoms with Crippen molar-refractivity contribution in [2.45, 2.75) is 17.7 Å². The standard InChI is InChI=1S/C17H25N3O4S/c1-20(2)16(21)12-25(23,24)15-7-5-14(6-8-15)17(22)19-11-13-4-3-9-18-10-13/h5-8,13,18H,3-4,9-12H2,1-2H3,(H,19,22). The highest BCUT2D eigenvalue weighted by Crippen LogP contribution is 2.14. The van der Waals surface area contributed by atoms with Gasteiger partial charge in [0.15, 0.2) is 9.84 Å². The van der Waals surface area contributed by atoms with Gasteiger partial charge in [-0.1, -0.05) is 0 Å². The van der Waals surface area contributed by atoms with Crippen molar-refractivity contribution in [3.05, 3.63) is 29.8 Å². The Hall–Kier alpha value is -1.93. The second-order valence-corrected chi connectivity index (χ2v) is 8.48. The molecule has 2 rings (SSSR count). The van der Waals surface area contributed by atoms with E-state index in [1.165, 1.54) is 43.3 Å². The molecule has 7 nitrogen and oxygen atoms in total. The molecule has 1 fully saturated rings. The van der Waals surface area contributed by atoms with Gasteiger partial charge < -0.3 is 15.5 Å². The smallest absolute Gasteiger partial charge is 0.251 e. The maximum absolute atomic E-state index is 12.2. The quantitative estimate of drug-likeness (QED) is 0.753. The molecule has 1 aromatic rings. The third-order valence-corrected chi connectivity index (χ3v) is 5.86. The summed E-state index contributed by atoms with van der Waals surface area (Å²) in [6, 6.07) is 5.69. The molecule has 1 unspecified atom stereocenters. The first kappa shape index (κ1) is 19.4. The SMILES string of the molecule is CN(C)C(=O)CS(=O)(=O)c1ccc(C(=O)NCC2CCCNC2)cc1. The number of rotatable bonds is 6. The van der Waals surface area contributed by atoms with Crippen LogP contribution < -0.4 is 10.6 Å². The zero-order valence-electron chi connectivity index (χ0n) is 14.6. The first-order valence-electron chi connectivity index (χ1n) is 8.31. The third kappa shape index (κ3) is 5.54. The summed E-state index contributed by atoms with van der Waals surface area (Å²) in [5, 5.41) is 6.18. The molecule has 1 aliphatic rings. The van der Waals surface area contributed by atoms with Crippen molar-refractivity contribution in [3.63, 3.8) is 0 Å². The number of carbonyl (C=O) groups is 2. The molecule has 1 saturated heterocycles. The van der Waals surface area contributed by atoms with E-state index in [0.29, 0.717) is 18.0 Å². The van der Waals surface area contributed by atoms with E-state index in [-0.39, 0.29) is 10.8 Å². The number of benzene rings is 1. The predicted molar refractivity (Wildman–Crippen MR) is 95.1 cm³/mol. The Morgan fingerprint density at radius 2 is 1.92 bits per heavy atom. The Bertz CT molecular complexity index is 708. The van der Waals surface area contributed by atoms with E-state index in [2.05, 4.69) is 10.6 Å². The summed E-state index contributed by atoms with van der Waals surface area (Å²) < 4.78 is 24.4. The van der Waals surface area contributed by atoms with E-state index in [9.17, 15) is 18.0 Å². The molecular weight excluding hydrogens is 342 g/mol. The summed E-state index contributed by atoms with van der Waals surface area (Å²) >= 11 is 0. The Morgan fingerprint density at radius 3 is 2.48 bits per heavy atom. The van der Waals surface area contributed by atoms with Crippen LogP contribution in [0.3, 0.4) is 0 Å². The van der Waals surface area contributed by atoms with Gasteiger partial charge in [-0.25, -0.2) is 8.42 Å². The summed E-state index contributed by atoms with van der Waals surface area (Å²) in [7, 11) is -0.693. The third-order valence-electron chi connectivity index (χ3n) is 4.24. The summed E-state index contributed by atoms with van der Waals surface area (Å²) in [4.78, 5) is 25.1. The van der Waals surface area contributed by atoms with Crippen LogP contribution in [0.15, 0.2) is 29.2 Å². The summed E-state index contributed by atoms with van der Waals surface area (Å²) in [5.74, 6) is -0.864. The first-order valence-corrected chi connectivity index (χ1v) is 9.97. The molecular formula is C17H25N3O4S. The lowest BCUT2D eigenvalue weighted by atomic mass is 10.00. The number of carbonyl (C=O) groups excluding carboxylic acids is 2. The molecule has 138 valence electrons. The van der Waals surface area contributed by atoms with E-state index >= 15 is 0 Å². The van der Waals surface area contributed by atoms with E-state index in [0.717, 1.165) is 25.9 Å². The average molecular weight is 367 g/mol. The monoisotopic (exact) mass is 367 g/mol. The van der Waals surface area contributed by atoms with Gasteiger partial charge in [-0.05, 0) is 56.1 Å². The molecule has 1 atom stereocenters. The number of amides is 2. The molecule has 0 aromatic heterocycles. The normalized spacial score (nSPS) is 17.8. The zero-order valence-corrected chi connectivity index (χ0v) is 15.4. The minimum absolute atomic E-state index is 0.0377. The molecule has 1 heterocycles. The molecule has 0 aliphatic carbocycles. The van der Waals surface area contributed by atoms with Gasteiger partial charge in [-0.2, -0.15) is 0 Å². The molecule has 2 amide bonds. The van der Waals surface area contributed by atoms with Crippen LogP contribution in [0.4, 0.5) is 0 Å². The molecule has 1 aliphatic heterocycles. The fourth-order valence-electron chi connectivity index (χ4n) is 2.63. The summed E-state index contributed by atoms with van der Waals surface area (Å²) in [6.45, 7) is 2.53. The molecule has 0 bridgehead atoms. The average Bonchev–Trinajstić information content (AvgIpc) is 2.60. The Kier molecular flexibility index (Phi) is 6.55. The van der Waals surface area contributed by atoms with Crippen LogP contribution in [-0.2, 0) is 14.6 Å². The Balaban J connectivity index is 1.96. The molecule has 0 saturated carbocycles. The summed E-state index contributed by atoms with van der Waals surface area (Å²) in [6.07, 6.45) is 2.20. The number of nitrogens with one attached hydrogen (secondary N) is 2. The van der Waals surface area contributed by atoms with Gasteiger partial charge in [0.2, 0.25) is 5.91 Å². The van der Waals surface area contributed by atoms with E-state index in [4.69, 9.17) is 0 Å². The van der Waals surface area contributed by atoms with Crippen LogP contribution in [0.2, 0.25) is 0 Å². The lowest BCUT2D eigenvalue weighted by molar-refractivity contribution is -0.125.